The molecule has 0 saturated carbocycles. The molecule has 19 heavy (non-hydrogen) atoms. The zero-order chi connectivity index (χ0) is 14.0. The summed E-state index contributed by atoms with van der Waals surface area (Å²) in [6.07, 6.45) is 1.68. The topological polar surface area (TPSA) is 59.1 Å². The van der Waals surface area contributed by atoms with E-state index in [-0.39, 0.29) is 11.4 Å². The summed E-state index contributed by atoms with van der Waals surface area (Å²) in [6.45, 7) is 2.13. The van der Waals surface area contributed by atoms with E-state index in [2.05, 4.69) is 41.6 Å². The van der Waals surface area contributed by atoms with Crippen molar-refractivity contribution in [2.24, 2.45) is 0 Å². The van der Waals surface area contributed by atoms with Gasteiger partial charge < -0.3 is 0 Å². The second kappa shape index (κ2) is 6.01. The molecule has 102 valence electrons. The number of sulfonamides is 1. The average molecular weight is 426 g/mol. The maximum Gasteiger partial charge on any atom is 0.242 e. The van der Waals surface area contributed by atoms with Gasteiger partial charge in [0.15, 0.2) is 0 Å². The number of hydrogen-bond donors (Lipinski definition) is 1. The summed E-state index contributed by atoms with van der Waals surface area (Å²) in [4.78, 5) is 5.18. The summed E-state index contributed by atoms with van der Waals surface area (Å²) in [7, 11) is -3.55. The van der Waals surface area contributed by atoms with Crippen molar-refractivity contribution in [2.45, 2.75) is 18.4 Å². The third-order valence-corrected chi connectivity index (χ3v) is 6.09. The number of hydrogen-bond acceptors (Lipinski definition) is 4. The van der Waals surface area contributed by atoms with Gasteiger partial charge in [-0.3, -0.25) is 0 Å². The lowest BCUT2D eigenvalue weighted by atomic mass is 10.4. The fourth-order valence-corrected chi connectivity index (χ4v) is 4.75. The lowest BCUT2D eigenvalue weighted by Gasteiger charge is -2.08. The van der Waals surface area contributed by atoms with Crippen LogP contribution in [0.1, 0.15) is 9.88 Å². The molecular formula is C11H10Br2N2O2S2. The maximum atomic E-state index is 12.2. The first-order valence-electron chi connectivity index (χ1n) is 5.24. The third kappa shape index (κ3) is 3.85. The average Bonchev–Trinajstić information content (AvgIpc) is 2.76. The van der Waals surface area contributed by atoms with Crippen LogP contribution in [-0.2, 0) is 16.6 Å². The number of aromatic nitrogens is 1. The molecule has 0 atom stereocenters. The van der Waals surface area contributed by atoms with Gasteiger partial charge in [0.1, 0.15) is 0 Å². The highest BCUT2D eigenvalue weighted by Gasteiger charge is 2.18. The van der Waals surface area contributed by atoms with Crippen molar-refractivity contribution in [3.63, 3.8) is 0 Å². The molecule has 2 rings (SSSR count). The molecule has 0 aliphatic carbocycles. The lowest BCUT2D eigenvalue weighted by Crippen LogP contribution is -2.23. The second-order valence-corrected chi connectivity index (χ2v) is 8.57. The monoisotopic (exact) mass is 424 g/mol. The molecule has 0 bridgehead atoms. The molecule has 2 aromatic rings. The van der Waals surface area contributed by atoms with E-state index in [9.17, 15) is 8.42 Å². The highest BCUT2D eigenvalue weighted by Crippen LogP contribution is 2.25. The summed E-state index contributed by atoms with van der Waals surface area (Å²) in [5, 5.41) is 0.915. The van der Waals surface area contributed by atoms with E-state index in [4.69, 9.17) is 0 Å². The molecule has 1 N–H and O–H groups in total. The Kier molecular flexibility index (Phi) is 4.78. The molecule has 1 aromatic carbocycles. The molecule has 0 fully saturated rings. The molecule has 1 aromatic heterocycles. The van der Waals surface area contributed by atoms with E-state index >= 15 is 0 Å². The Morgan fingerprint density at radius 2 is 2.11 bits per heavy atom. The molecule has 1 heterocycles. The predicted molar refractivity (Wildman–Crippen MR) is 82.7 cm³/mol. The van der Waals surface area contributed by atoms with Crippen molar-refractivity contribution in [1.82, 2.24) is 9.71 Å². The summed E-state index contributed by atoms with van der Waals surface area (Å²) < 4.78 is 28.2. The molecule has 0 unspecified atom stereocenters. The summed E-state index contributed by atoms with van der Waals surface area (Å²) in [5.74, 6) is 0. The number of nitrogens with one attached hydrogen (secondary N) is 1. The molecule has 0 amide bonds. The molecule has 0 spiro atoms. The normalized spacial score (nSPS) is 11.7. The van der Waals surface area contributed by atoms with Gasteiger partial charge in [0.2, 0.25) is 10.0 Å². The molecular weight excluding hydrogens is 416 g/mol. The Labute approximate surface area is 132 Å². The number of rotatable bonds is 4. The zero-order valence-electron chi connectivity index (χ0n) is 9.85. The molecule has 4 nitrogen and oxygen atoms in total. The van der Waals surface area contributed by atoms with Crippen LogP contribution in [0.2, 0.25) is 0 Å². The van der Waals surface area contributed by atoms with E-state index in [1.165, 1.54) is 11.3 Å². The van der Waals surface area contributed by atoms with E-state index in [0.717, 1.165) is 9.88 Å². The Balaban J connectivity index is 2.20. The van der Waals surface area contributed by atoms with Crippen LogP contribution in [0.15, 0.2) is 38.2 Å². The van der Waals surface area contributed by atoms with Crippen molar-refractivity contribution in [3.8, 4) is 0 Å². The van der Waals surface area contributed by atoms with E-state index < -0.39 is 10.0 Å². The second-order valence-electron chi connectivity index (χ2n) is 3.74. The summed E-state index contributed by atoms with van der Waals surface area (Å²) in [5.41, 5.74) is 0. The smallest absolute Gasteiger partial charge is 0.242 e. The van der Waals surface area contributed by atoms with Gasteiger partial charge in [0, 0.05) is 26.6 Å². The van der Waals surface area contributed by atoms with Gasteiger partial charge in [-0.1, -0.05) is 15.9 Å². The zero-order valence-corrected chi connectivity index (χ0v) is 14.7. The Bertz CT molecular complexity index is 698. The van der Waals surface area contributed by atoms with Gasteiger partial charge in [-0.05, 0) is 41.1 Å². The standard InChI is InChI=1S/C11H10Br2N2O2S2/c1-7-14-5-9(18-7)6-15-19(16,17)11-4-8(12)2-3-10(11)13/h2-5,15H,6H2,1H3. The largest absolute Gasteiger partial charge is 0.250 e. The molecule has 8 heteroatoms. The number of nitrogens with zero attached hydrogens (tertiary/aromatic N) is 1. The van der Waals surface area contributed by atoms with Gasteiger partial charge in [-0.2, -0.15) is 0 Å². The van der Waals surface area contributed by atoms with E-state index in [0.29, 0.717) is 8.95 Å². The number of halogens is 2. The van der Waals surface area contributed by atoms with Crippen molar-refractivity contribution >= 4 is 53.2 Å². The van der Waals surface area contributed by atoms with Gasteiger partial charge in [-0.25, -0.2) is 18.1 Å². The minimum absolute atomic E-state index is 0.211. The van der Waals surface area contributed by atoms with Crippen LogP contribution in [0, 0.1) is 6.92 Å². The predicted octanol–water partition coefficient (Wildman–Crippen LogP) is 3.46. The van der Waals surface area contributed by atoms with Gasteiger partial charge in [0.05, 0.1) is 9.90 Å². The fraction of sp³-hybridized carbons (Fsp3) is 0.182. The Morgan fingerprint density at radius 3 is 2.74 bits per heavy atom. The van der Waals surface area contributed by atoms with Crippen LogP contribution in [-0.4, -0.2) is 13.4 Å². The van der Waals surface area contributed by atoms with Crippen molar-refractivity contribution in [3.05, 3.63) is 43.2 Å². The summed E-state index contributed by atoms with van der Waals surface area (Å²) >= 11 is 7.99. The minimum atomic E-state index is -3.55. The summed E-state index contributed by atoms with van der Waals surface area (Å²) in [6, 6.07) is 5.02. The first-order chi connectivity index (χ1) is 8.88. The Morgan fingerprint density at radius 1 is 1.37 bits per heavy atom. The van der Waals surface area contributed by atoms with Gasteiger partial charge in [-0.15, -0.1) is 11.3 Å². The lowest BCUT2D eigenvalue weighted by molar-refractivity contribution is 0.581. The quantitative estimate of drug-likeness (QED) is 0.815. The van der Waals surface area contributed by atoms with Crippen molar-refractivity contribution < 1.29 is 8.42 Å². The molecule has 0 radical (unpaired) electrons. The van der Waals surface area contributed by atoms with Gasteiger partial charge >= 0.3 is 0 Å². The van der Waals surface area contributed by atoms with Crippen LogP contribution in [0.5, 0.6) is 0 Å². The first kappa shape index (κ1) is 15.1. The number of thiazole rings is 1. The highest BCUT2D eigenvalue weighted by molar-refractivity contribution is 9.11. The van der Waals surface area contributed by atoms with Crippen LogP contribution >= 0.6 is 43.2 Å². The van der Waals surface area contributed by atoms with Crippen LogP contribution in [0.25, 0.3) is 0 Å². The van der Waals surface area contributed by atoms with Crippen molar-refractivity contribution in [1.29, 1.82) is 0 Å². The number of benzene rings is 1. The number of aryl methyl sites for hydroxylation is 1. The highest BCUT2D eigenvalue weighted by atomic mass is 79.9. The fourth-order valence-electron chi connectivity index (χ4n) is 1.41. The maximum absolute atomic E-state index is 12.2. The third-order valence-electron chi connectivity index (χ3n) is 2.29. The molecule has 0 aliphatic heterocycles. The molecule has 0 aliphatic rings. The van der Waals surface area contributed by atoms with E-state index in [1.807, 2.05) is 6.92 Å². The van der Waals surface area contributed by atoms with Crippen LogP contribution < -0.4 is 4.72 Å². The van der Waals surface area contributed by atoms with Crippen LogP contribution in [0.4, 0.5) is 0 Å². The first-order valence-corrected chi connectivity index (χ1v) is 9.13. The van der Waals surface area contributed by atoms with Gasteiger partial charge in [0.25, 0.3) is 0 Å². The molecule has 0 saturated heterocycles. The van der Waals surface area contributed by atoms with E-state index in [1.54, 1.807) is 24.4 Å². The minimum Gasteiger partial charge on any atom is -0.250 e. The SMILES string of the molecule is Cc1ncc(CNS(=O)(=O)c2cc(Br)ccc2Br)s1. The Hall–Kier alpha value is -0.280. The van der Waals surface area contributed by atoms with Crippen LogP contribution in [0.3, 0.4) is 0 Å². The van der Waals surface area contributed by atoms with Crippen molar-refractivity contribution in [2.75, 3.05) is 0 Å².